The van der Waals surface area contributed by atoms with Crippen molar-refractivity contribution in [2.45, 2.75) is 17.2 Å². The minimum Gasteiger partial charge on any atom is -0.342 e. The highest BCUT2D eigenvalue weighted by molar-refractivity contribution is 7.92. The van der Waals surface area contributed by atoms with Crippen LogP contribution in [0, 0.1) is 0 Å². The molecule has 1 atom stereocenters. The first-order valence-electron chi connectivity index (χ1n) is 8.27. The molecule has 1 aliphatic rings. The van der Waals surface area contributed by atoms with Gasteiger partial charge in [-0.25, -0.2) is 13.4 Å². The summed E-state index contributed by atoms with van der Waals surface area (Å²) in [4.78, 5) is 10.6. The van der Waals surface area contributed by atoms with Gasteiger partial charge in [0.15, 0.2) is 0 Å². The number of likely N-dealkylation sites (N-methyl/N-ethyl adjacent to an activating group) is 1. The predicted octanol–water partition coefficient (Wildman–Crippen LogP) is 2.78. The van der Waals surface area contributed by atoms with Crippen LogP contribution in [0.15, 0.2) is 53.4 Å². The highest BCUT2D eigenvalue weighted by atomic mass is 32.2. The number of sulfonamides is 1. The quantitative estimate of drug-likeness (QED) is 0.753. The van der Waals surface area contributed by atoms with Crippen LogP contribution >= 0.6 is 0 Å². The van der Waals surface area contributed by atoms with Gasteiger partial charge in [0, 0.05) is 12.5 Å². The van der Waals surface area contributed by atoms with Crippen LogP contribution in [0.1, 0.15) is 18.2 Å². The Morgan fingerprint density at radius 1 is 1.20 bits per heavy atom. The lowest BCUT2D eigenvalue weighted by Crippen LogP contribution is -2.13. The number of benzene rings is 2. The Morgan fingerprint density at radius 3 is 2.72 bits per heavy atom. The molecule has 7 heteroatoms. The van der Waals surface area contributed by atoms with Gasteiger partial charge < -0.3 is 9.88 Å². The van der Waals surface area contributed by atoms with E-state index in [9.17, 15) is 8.42 Å². The molecule has 1 fully saturated rings. The van der Waals surface area contributed by atoms with Crippen LogP contribution in [0.25, 0.3) is 11.0 Å². The molecular formula is C18H20N4O2S. The van der Waals surface area contributed by atoms with Crippen molar-refractivity contribution in [1.82, 2.24) is 14.9 Å². The summed E-state index contributed by atoms with van der Waals surface area (Å²) in [5, 5.41) is 0. The SMILES string of the molecule is CN1CCC(c2nc3ccc(NS(=O)(=O)c4ccccc4)cc3[nH]2)C1. The van der Waals surface area contributed by atoms with Crippen LogP contribution in [0.2, 0.25) is 0 Å². The second-order valence-electron chi connectivity index (χ2n) is 6.52. The van der Waals surface area contributed by atoms with Crippen molar-refractivity contribution in [2.24, 2.45) is 0 Å². The minimum atomic E-state index is -3.59. The molecule has 130 valence electrons. The Bertz CT molecular complexity index is 998. The number of fused-ring (bicyclic) bond motifs is 1. The number of anilines is 1. The molecule has 6 nitrogen and oxygen atoms in total. The van der Waals surface area contributed by atoms with Crippen LogP contribution in [0.3, 0.4) is 0 Å². The molecule has 1 saturated heterocycles. The first-order chi connectivity index (χ1) is 12.0. The molecule has 1 aromatic heterocycles. The summed E-state index contributed by atoms with van der Waals surface area (Å²) in [5.74, 6) is 1.38. The van der Waals surface area contributed by atoms with E-state index in [0.717, 1.165) is 36.4 Å². The van der Waals surface area contributed by atoms with Crippen LogP contribution in [0.4, 0.5) is 5.69 Å². The highest BCUT2D eigenvalue weighted by Gasteiger charge is 2.24. The van der Waals surface area contributed by atoms with E-state index in [2.05, 4.69) is 26.6 Å². The molecule has 0 radical (unpaired) electrons. The lowest BCUT2D eigenvalue weighted by atomic mass is 10.1. The van der Waals surface area contributed by atoms with Gasteiger partial charge in [0.2, 0.25) is 0 Å². The molecule has 3 aromatic rings. The fraction of sp³-hybridized carbons (Fsp3) is 0.278. The van der Waals surface area contributed by atoms with Crippen LogP contribution in [-0.4, -0.2) is 43.4 Å². The molecule has 1 aliphatic heterocycles. The maximum absolute atomic E-state index is 12.4. The molecule has 2 heterocycles. The van der Waals surface area contributed by atoms with Gasteiger partial charge in [-0.15, -0.1) is 0 Å². The maximum Gasteiger partial charge on any atom is 0.261 e. The fourth-order valence-electron chi connectivity index (χ4n) is 3.26. The Balaban J connectivity index is 1.61. The average molecular weight is 356 g/mol. The molecule has 0 saturated carbocycles. The van der Waals surface area contributed by atoms with Gasteiger partial charge in [0.05, 0.1) is 21.6 Å². The Labute approximate surface area is 146 Å². The van der Waals surface area contributed by atoms with Gasteiger partial charge >= 0.3 is 0 Å². The molecule has 2 aromatic carbocycles. The lowest BCUT2D eigenvalue weighted by molar-refractivity contribution is 0.410. The predicted molar refractivity (Wildman–Crippen MR) is 98.2 cm³/mol. The molecular weight excluding hydrogens is 336 g/mol. The summed E-state index contributed by atoms with van der Waals surface area (Å²) in [6, 6.07) is 13.7. The molecule has 2 N–H and O–H groups in total. The third-order valence-corrected chi connectivity index (χ3v) is 5.98. The third kappa shape index (κ3) is 3.25. The number of nitrogens with one attached hydrogen (secondary N) is 2. The second kappa shape index (κ2) is 6.16. The molecule has 25 heavy (non-hydrogen) atoms. The zero-order valence-corrected chi connectivity index (χ0v) is 14.8. The molecule has 0 aliphatic carbocycles. The van der Waals surface area contributed by atoms with Gasteiger partial charge in [-0.3, -0.25) is 4.72 Å². The summed E-state index contributed by atoms with van der Waals surface area (Å²) in [6.45, 7) is 2.07. The summed E-state index contributed by atoms with van der Waals surface area (Å²) >= 11 is 0. The number of imidazole rings is 1. The summed E-state index contributed by atoms with van der Waals surface area (Å²) in [5.41, 5.74) is 2.22. The van der Waals surface area contributed by atoms with Crippen molar-refractivity contribution in [1.29, 1.82) is 0 Å². The zero-order valence-electron chi connectivity index (χ0n) is 13.9. The maximum atomic E-state index is 12.4. The fourth-order valence-corrected chi connectivity index (χ4v) is 4.33. The third-order valence-electron chi connectivity index (χ3n) is 4.58. The minimum absolute atomic E-state index is 0.245. The van der Waals surface area contributed by atoms with E-state index in [1.165, 1.54) is 0 Å². The highest BCUT2D eigenvalue weighted by Crippen LogP contribution is 2.27. The lowest BCUT2D eigenvalue weighted by Gasteiger charge is -2.07. The van der Waals surface area contributed by atoms with Crippen molar-refractivity contribution in [2.75, 3.05) is 24.9 Å². The molecule has 0 spiro atoms. The summed E-state index contributed by atoms with van der Waals surface area (Å²) in [6.07, 6.45) is 1.09. The van der Waals surface area contributed by atoms with E-state index < -0.39 is 10.0 Å². The normalized spacial score (nSPS) is 18.7. The van der Waals surface area contributed by atoms with Gasteiger partial charge in [-0.1, -0.05) is 18.2 Å². The van der Waals surface area contributed by atoms with E-state index in [-0.39, 0.29) is 4.90 Å². The Kier molecular flexibility index (Phi) is 3.97. The number of H-pyrrole nitrogens is 1. The number of nitrogens with zero attached hydrogens (tertiary/aromatic N) is 2. The molecule has 4 rings (SSSR count). The number of rotatable bonds is 4. The van der Waals surface area contributed by atoms with Crippen molar-refractivity contribution in [3.8, 4) is 0 Å². The number of hydrogen-bond donors (Lipinski definition) is 2. The number of aromatic nitrogens is 2. The van der Waals surface area contributed by atoms with E-state index in [4.69, 9.17) is 0 Å². The first-order valence-corrected chi connectivity index (χ1v) is 9.76. The molecule has 0 amide bonds. The van der Waals surface area contributed by atoms with E-state index >= 15 is 0 Å². The monoisotopic (exact) mass is 356 g/mol. The van der Waals surface area contributed by atoms with Gasteiger partial charge in [0.25, 0.3) is 10.0 Å². The number of likely N-dealkylation sites (tertiary alicyclic amines) is 1. The first kappa shape index (κ1) is 16.1. The summed E-state index contributed by atoms with van der Waals surface area (Å²) < 4.78 is 27.5. The van der Waals surface area contributed by atoms with E-state index in [1.807, 2.05) is 6.07 Å². The van der Waals surface area contributed by atoms with Crippen LogP contribution in [-0.2, 0) is 10.0 Å². The molecule has 1 unspecified atom stereocenters. The molecule has 0 bridgehead atoms. The van der Waals surface area contributed by atoms with Crippen LogP contribution in [0.5, 0.6) is 0 Å². The number of aromatic amines is 1. The summed E-state index contributed by atoms with van der Waals surface area (Å²) in [7, 11) is -1.48. The Morgan fingerprint density at radius 2 is 2.00 bits per heavy atom. The van der Waals surface area contributed by atoms with Gasteiger partial charge in [-0.05, 0) is 50.3 Å². The second-order valence-corrected chi connectivity index (χ2v) is 8.20. The van der Waals surface area contributed by atoms with Crippen molar-refractivity contribution < 1.29 is 8.42 Å². The van der Waals surface area contributed by atoms with Gasteiger partial charge in [-0.2, -0.15) is 0 Å². The topological polar surface area (TPSA) is 78.1 Å². The average Bonchev–Trinajstić information content (AvgIpc) is 3.21. The van der Waals surface area contributed by atoms with Crippen LogP contribution < -0.4 is 4.72 Å². The van der Waals surface area contributed by atoms with Gasteiger partial charge in [0.1, 0.15) is 5.82 Å². The zero-order chi connectivity index (χ0) is 17.4. The van der Waals surface area contributed by atoms with Crippen molar-refractivity contribution in [3.63, 3.8) is 0 Å². The smallest absolute Gasteiger partial charge is 0.261 e. The number of hydrogen-bond acceptors (Lipinski definition) is 4. The van der Waals surface area contributed by atoms with Crippen molar-refractivity contribution >= 4 is 26.7 Å². The standard InChI is InChI=1S/C18H20N4O2S/c1-22-10-9-13(12-22)18-19-16-8-7-14(11-17(16)20-18)21-25(23,24)15-5-3-2-4-6-15/h2-8,11,13,21H,9-10,12H2,1H3,(H,19,20). The Hall–Kier alpha value is -2.38. The largest absolute Gasteiger partial charge is 0.342 e. The van der Waals surface area contributed by atoms with E-state index in [1.54, 1.807) is 42.5 Å². The van der Waals surface area contributed by atoms with Crippen molar-refractivity contribution in [3.05, 3.63) is 54.4 Å². The van der Waals surface area contributed by atoms with E-state index in [0.29, 0.717) is 11.6 Å².